The van der Waals surface area contributed by atoms with Crippen molar-refractivity contribution in [3.8, 4) is 0 Å². The highest BCUT2D eigenvalue weighted by molar-refractivity contribution is 7.18. The number of nitrogens with zero attached hydrogens (tertiary/aromatic N) is 2. The monoisotopic (exact) mass is 276 g/mol. The molecule has 0 atom stereocenters. The third kappa shape index (κ3) is 1.92. The molecule has 0 aromatic carbocycles. The van der Waals surface area contributed by atoms with Crippen molar-refractivity contribution in [2.75, 3.05) is 0 Å². The van der Waals surface area contributed by atoms with Crippen molar-refractivity contribution >= 4 is 27.5 Å². The number of carboxylic acids is 1. The van der Waals surface area contributed by atoms with Crippen molar-refractivity contribution in [3.05, 3.63) is 22.0 Å². The van der Waals surface area contributed by atoms with Crippen LogP contribution in [0.3, 0.4) is 0 Å². The predicted octanol–water partition coefficient (Wildman–Crippen LogP) is 3.53. The number of carbonyl (C=O) groups is 1. The van der Waals surface area contributed by atoms with Crippen molar-refractivity contribution in [3.63, 3.8) is 0 Å². The lowest BCUT2D eigenvalue weighted by atomic mass is 9.85. The van der Waals surface area contributed by atoms with Crippen LogP contribution in [0.25, 0.3) is 10.2 Å². The van der Waals surface area contributed by atoms with Gasteiger partial charge in [0.1, 0.15) is 10.7 Å². The average molecular weight is 276 g/mol. The van der Waals surface area contributed by atoms with Gasteiger partial charge >= 0.3 is 5.97 Å². The summed E-state index contributed by atoms with van der Waals surface area (Å²) in [6.45, 7) is 4.07. The molecule has 3 rings (SSSR count). The van der Waals surface area contributed by atoms with Crippen LogP contribution in [0, 0.1) is 6.92 Å². The van der Waals surface area contributed by atoms with Gasteiger partial charge in [-0.15, -0.1) is 11.3 Å². The molecule has 1 aliphatic rings. The molecule has 4 nitrogen and oxygen atoms in total. The number of hydrogen-bond acceptors (Lipinski definition) is 4. The molecule has 1 N–H and O–H groups in total. The van der Waals surface area contributed by atoms with Crippen LogP contribution in [0.5, 0.6) is 0 Å². The van der Waals surface area contributed by atoms with E-state index in [4.69, 9.17) is 0 Å². The Balaban J connectivity index is 2.27. The summed E-state index contributed by atoms with van der Waals surface area (Å²) in [4.78, 5) is 22.4. The first-order chi connectivity index (χ1) is 9.11. The van der Waals surface area contributed by atoms with E-state index in [-0.39, 0.29) is 5.69 Å². The van der Waals surface area contributed by atoms with E-state index in [2.05, 4.69) is 9.97 Å². The van der Waals surface area contributed by atoms with Crippen molar-refractivity contribution in [1.29, 1.82) is 0 Å². The average Bonchev–Trinajstić information content (AvgIpc) is 2.60. The summed E-state index contributed by atoms with van der Waals surface area (Å²) in [6, 6.07) is 0. The number of thiophene rings is 1. The Morgan fingerprint density at radius 1 is 1.42 bits per heavy atom. The molecule has 2 aromatic rings. The minimum absolute atomic E-state index is 0.188. The highest BCUT2D eigenvalue weighted by atomic mass is 32.1. The van der Waals surface area contributed by atoms with Crippen molar-refractivity contribution < 1.29 is 9.90 Å². The maximum absolute atomic E-state index is 11.5. The van der Waals surface area contributed by atoms with Gasteiger partial charge in [-0.3, -0.25) is 0 Å². The van der Waals surface area contributed by atoms with Crippen molar-refractivity contribution in [1.82, 2.24) is 9.97 Å². The number of hydrogen-bond donors (Lipinski definition) is 1. The van der Waals surface area contributed by atoms with Crippen LogP contribution in [0.4, 0.5) is 0 Å². The maximum atomic E-state index is 11.5. The molecule has 0 saturated heterocycles. The molecular weight excluding hydrogens is 260 g/mol. The third-order valence-electron chi connectivity index (χ3n) is 3.90. The van der Waals surface area contributed by atoms with Gasteiger partial charge < -0.3 is 5.11 Å². The summed E-state index contributed by atoms with van der Waals surface area (Å²) in [7, 11) is 0. The van der Waals surface area contributed by atoms with Gasteiger partial charge in [0.25, 0.3) is 0 Å². The van der Waals surface area contributed by atoms with Gasteiger partial charge in [-0.25, -0.2) is 14.8 Å². The molecule has 0 radical (unpaired) electrons. The van der Waals surface area contributed by atoms with Gasteiger partial charge in [0.2, 0.25) is 0 Å². The number of aryl methyl sites for hydroxylation is 2. The number of carboxylic acid groups (broad SMARTS) is 1. The molecule has 1 fully saturated rings. The zero-order valence-corrected chi connectivity index (χ0v) is 11.9. The number of fused-ring (bicyclic) bond motifs is 1. The second-order valence-corrected chi connectivity index (χ2v) is 6.24. The number of aromatic nitrogens is 2. The Morgan fingerprint density at radius 3 is 2.68 bits per heavy atom. The van der Waals surface area contributed by atoms with E-state index in [9.17, 15) is 9.90 Å². The normalized spacial score (nSPS) is 15.7. The molecule has 1 saturated carbocycles. The van der Waals surface area contributed by atoms with E-state index in [1.807, 2.05) is 13.8 Å². The van der Waals surface area contributed by atoms with E-state index in [0.29, 0.717) is 5.92 Å². The SMILES string of the molecule is CCc1c(C)sc2nc(C3CCC3)nc(C(=O)O)c12. The zero-order valence-electron chi connectivity index (χ0n) is 11.1. The van der Waals surface area contributed by atoms with E-state index in [1.54, 1.807) is 11.3 Å². The highest BCUT2D eigenvalue weighted by Crippen LogP contribution is 2.38. The molecule has 1 aliphatic carbocycles. The Morgan fingerprint density at radius 2 is 2.16 bits per heavy atom. The number of aromatic carboxylic acids is 1. The smallest absolute Gasteiger partial charge is 0.355 e. The quantitative estimate of drug-likeness (QED) is 0.931. The second-order valence-electron chi connectivity index (χ2n) is 5.03. The van der Waals surface area contributed by atoms with E-state index in [1.165, 1.54) is 6.42 Å². The summed E-state index contributed by atoms with van der Waals surface area (Å²) in [6.07, 6.45) is 4.17. The van der Waals surface area contributed by atoms with Crippen molar-refractivity contribution in [2.24, 2.45) is 0 Å². The fourth-order valence-corrected chi connectivity index (χ4v) is 3.74. The summed E-state index contributed by atoms with van der Waals surface area (Å²) in [5, 5.41) is 10.2. The first-order valence-electron chi connectivity index (χ1n) is 6.65. The van der Waals surface area contributed by atoms with E-state index >= 15 is 0 Å². The molecule has 5 heteroatoms. The number of rotatable bonds is 3. The highest BCUT2D eigenvalue weighted by Gasteiger charge is 2.26. The lowest BCUT2D eigenvalue weighted by Crippen LogP contribution is -2.15. The standard InChI is InChI=1S/C14H16N2O2S/c1-3-9-7(2)19-13-10(9)11(14(17)18)15-12(16-13)8-5-4-6-8/h8H,3-6H2,1-2H3,(H,17,18). The lowest BCUT2D eigenvalue weighted by molar-refractivity contribution is 0.0692. The van der Waals surface area contributed by atoms with Gasteiger partial charge in [-0.1, -0.05) is 13.3 Å². The molecule has 100 valence electrons. The fourth-order valence-electron chi connectivity index (χ4n) is 2.61. The van der Waals surface area contributed by atoms with Crippen LogP contribution in [0.2, 0.25) is 0 Å². The van der Waals surface area contributed by atoms with Gasteiger partial charge in [0.15, 0.2) is 5.69 Å². The first kappa shape index (κ1) is 12.5. The minimum Gasteiger partial charge on any atom is -0.476 e. The Labute approximate surface area is 115 Å². The summed E-state index contributed by atoms with van der Waals surface area (Å²) >= 11 is 1.59. The largest absolute Gasteiger partial charge is 0.476 e. The summed E-state index contributed by atoms with van der Waals surface area (Å²) in [5.41, 5.74) is 1.27. The Bertz CT molecular complexity index is 659. The van der Waals surface area contributed by atoms with Crippen molar-refractivity contribution in [2.45, 2.75) is 45.4 Å². The van der Waals surface area contributed by atoms with E-state index in [0.717, 1.165) is 45.7 Å². The van der Waals surface area contributed by atoms with Crippen LogP contribution in [0.15, 0.2) is 0 Å². The van der Waals surface area contributed by atoms with Crippen LogP contribution in [0.1, 0.15) is 58.9 Å². The van der Waals surface area contributed by atoms with Crippen LogP contribution < -0.4 is 0 Å². The summed E-state index contributed by atoms with van der Waals surface area (Å²) < 4.78 is 0. The second kappa shape index (κ2) is 4.56. The molecule has 0 aliphatic heterocycles. The Hall–Kier alpha value is -1.49. The van der Waals surface area contributed by atoms with Crippen LogP contribution >= 0.6 is 11.3 Å². The van der Waals surface area contributed by atoms with Gasteiger partial charge in [-0.05, 0) is 31.7 Å². The molecule has 2 heterocycles. The molecule has 0 amide bonds. The Kier molecular flexibility index (Phi) is 3.01. The zero-order chi connectivity index (χ0) is 13.6. The molecule has 19 heavy (non-hydrogen) atoms. The lowest BCUT2D eigenvalue weighted by Gasteiger charge is -2.23. The summed E-state index contributed by atoms with van der Waals surface area (Å²) in [5.74, 6) is 0.135. The van der Waals surface area contributed by atoms with Crippen LogP contribution in [-0.4, -0.2) is 21.0 Å². The predicted molar refractivity (Wildman–Crippen MR) is 75.1 cm³/mol. The van der Waals surface area contributed by atoms with Crippen LogP contribution in [-0.2, 0) is 6.42 Å². The fraction of sp³-hybridized carbons (Fsp3) is 0.500. The molecular formula is C14H16N2O2S. The van der Waals surface area contributed by atoms with Gasteiger partial charge in [0.05, 0.1) is 0 Å². The minimum atomic E-state index is -0.944. The molecule has 0 unspecified atom stereocenters. The molecule has 0 spiro atoms. The topological polar surface area (TPSA) is 63.1 Å². The van der Waals surface area contributed by atoms with Gasteiger partial charge in [0, 0.05) is 16.2 Å². The van der Waals surface area contributed by atoms with E-state index < -0.39 is 5.97 Å². The van der Waals surface area contributed by atoms with Gasteiger partial charge in [-0.2, -0.15) is 0 Å². The molecule has 2 aromatic heterocycles. The maximum Gasteiger partial charge on any atom is 0.355 e. The third-order valence-corrected chi connectivity index (χ3v) is 4.94. The molecule has 0 bridgehead atoms. The first-order valence-corrected chi connectivity index (χ1v) is 7.46.